The zero-order valence-corrected chi connectivity index (χ0v) is 17.7. The number of nitrogens with one attached hydrogen (secondary N) is 1. The second-order valence-corrected chi connectivity index (χ2v) is 7.68. The number of nitrogens with zero attached hydrogens (tertiary/aromatic N) is 3. The Hall–Kier alpha value is -2.69. The van der Waals surface area contributed by atoms with Gasteiger partial charge >= 0.3 is 0 Å². The third-order valence-corrected chi connectivity index (χ3v) is 5.03. The highest BCUT2D eigenvalue weighted by Crippen LogP contribution is 2.27. The third-order valence-electron chi connectivity index (χ3n) is 5.03. The van der Waals surface area contributed by atoms with Crippen molar-refractivity contribution in [2.45, 2.75) is 53.3 Å². The Labute approximate surface area is 171 Å². The highest BCUT2D eigenvalue weighted by Gasteiger charge is 2.22. The Morgan fingerprint density at radius 2 is 1.90 bits per heavy atom. The van der Waals surface area contributed by atoms with Crippen molar-refractivity contribution < 1.29 is 14.3 Å². The van der Waals surface area contributed by atoms with E-state index >= 15 is 0 Å². The fraction of sp³-hybridized carbons (Fsp3) is 0.455. The van der Waals surface area contributed by atoms with Crippen LogP contribution in [-0.4, -0.2) is 45.7 Å². The number of aliphatic hydroxyl groups excluding tert-OH is 1. The van der Waals surface area contributed by atoms with Crippen molar-refractivity contribution in [1.29, 1.82) is 5.26 Å². The van der Waals surface area contributed by atoms with E-state index in [2.05, 4.69) is 11.4 Å². The van der Waals surface area contributed by atoms with Crippen molar-refractivity contribution in [2.24, 2.45) is 0 Å². The van der Waals surface area contributed by atoms with Crippen molar-refractivity contribution in [3.8, 4) is 6.07 Å². The Morgan fingerprint density at radius 1 is 1.28 bits per heavy atom. The SMILES string of the molecule is Cc1c(C#N)c(NC(=O)CN(CC(C)O)C(C)C)n(Cc2ccc(F)cc2)c1C. The first kappa shape index (κ1) is 22.6. The van der Waals surface area contributed by atoms with E-state index < -0.39 is 6.10 Å². The maximum Gasteiger partial charge on any atom is 0.239 e. The van der Waals surface area contributed by atoms with E-state index in [0.29, 0.717) is 24.5 Å². The smallest absolute Gasteiger partial charge is 0.239 e. The normalized spacial score (nSPS) is 12.3. The zero-order valence-electron chi connectivity index (χ0n) is 17.7. The summed E-state index contributed by atoms with van der Waals surface area (Å²) in [7, 11) is 0. The molecule has 0 saturated carbocycles. The molecule has 1 heterocycles. The summed E-state index contributed by atoms with van der Waals surface area (Å²) in [4.78, 5) is 14.6. The lowest BCUT2D eigenvalue weighted by atomic mass is 10.2. The lowest BCUT2D eigenvalue weighted by Crippen LogP contribution is -2.42. The van der Waals surface area contributed by atoms with Crippen molar-refractivity contribution >= 4 is 11.7 Å². The maximum absolute atomic E-state index is 13.2. The van der Waals surface area contributed by atoms with Crippen LogP contribution in [0, 0.1) is 31.0 Å². The second-order valence-electron chi connectivity index (χ2n) is 7.68. The predicted molar refractivity (Wildman–Crippen MR) is 111 cm³/mol. The first-order valence-electron chi connectivity index (χ1n) is 9.70. The number of rotatable bonds is 8. The van der Waals surface area contributed by atoms with Crippen LogP contribution >= 0.6 is 0 Å². The van der Waals surface area contributed by atoms with Crippen LogP contribution in [0.2, 0.25) is 0 Å². The summed E-state index contributed by atoms with van der Waals surface area (Å²) in [6.45, 7) is 10.2. The van der Waals surface area contributed by atoms with Crippen LogP contribution in [0.5, 0.6) is 0 Å². The lowest BCUT2D eigenvalue weighted by Gasteiger charge is -2.27. The van der Waals surface area contributed by atoms with Gasteiger partial charge in [-0.15, -0.1) is 0 Å². The molecule has 156 valence electrons. The van der Waals surface area contributed by atoms with E-state index in [1.54, 1.807) is 19.1 Å². The number of carbonyl (C=O) groups excluding carboxylic acids is 1. The molecule has 1 aromatic carbocycles. The Bertz CT molecular complexity index is 895. The number of hydrogen-bond donors (Lipinski definition) is 2. The van der Waals surface area contributed by atoms with Crippen LogP contribution in [-0.2, 0) is 11.3 Å². The van der Waals surface area contributed by atoms with Crippen LogP contribution in [0.1, 0.15) is 43.2 Å². The molecule has 0 aliphatic rings. The Morgan fingerprint density at radius 3 is 2.41 bits per heavy atom. The molecule has 0 aliphatic carbocycles. The summed E-state index contributed by atoms with van der Waals surface area (Å²) in [5.41, 5.74) is 2.95. The monoisotopic (exact) mass is 400 g/mol. The summed E-state index contributed by atoms with van der Waals surface area (Å²) in [5.74, 6) is -0.126. The minimum atomic E-state index is -0.549. The molecule has 1 atom stereocenters. The molecule has 6 nitrogen and oxygen atoms in total. The summed E-state index contributed by atoms with van der Waals surface area (Å²) in [6.07, 6.45) is -0.549. The van der Waals surface area contributed by atoms with Gasteiger partial charge in [-0.05, 0) is 57.9 Å². The van der Waals surface area contributed by atoms with Gasteiger partial charge in [0.25, 0.3) is 0 Å². The molecule has 1 amide bonds. The first-order valence-corrected chi connectivity index (χ1v) is 9.70. The van der Waals surface area contributed by atoms with Crippen molar-refractivity contribution in [2.75, 3.05) is 18.4 Å². The van der Waals surface area contributed by atoms with Crippen LogP contribution in [0.15, 0.2) is 24.3 Å². The molecule has 0 radical (unpaired) electrons. The highest BCUT2D eigenvalue weighted by atomic mass is 19.1. The van der Waals surface area contributed by atoms with Gasteiger partial charge in [0.2, 0.25) is 5.91 Å². The van der Waals surface area contributed by atoms with Gasteiger partial charge in [-0.25, -0.2) is 4.39 Å². The average Bonchev–Trinajstić information content (AvgIpc) is 2.86. The van der Waals surface area contributed by atoms with Crippen LogP contribution in [0.3, 0.4) is 0 Å². The summed E-state index contributed by atoms with van der Waals surface area (Å²) >= 11 is 0. The number of halogens is 1. The molecule has 1 unspecified atom stereocenters. The van der Waals surface area contributed by atoms with E-state index in [0.717, 1.165) is 16.8 Å². The predicted octanol–water partition coefficient (Wildman–Crippen LogP) is 3.19. The molecular formula is C22H29FN4O2. The van der Waals surface area contributed by atoms with E-state index in [9.17, 15) is 19.6 Å². The van der Waals surface area contributed by atoms with Crippen molar-refractivity contribution in [1.82, 2.24) is 9.47 Å². The molecule has 1 aromatic heterocycles. The molecule has 0 bridgehead atoms. The molecule has 0 saturated heterocycles. The van der Waals surface area contributed by atoms with E-state index in [-0.39, 0.29) is 24.3 Å². The molecule has 7 heteroatoms. The van der Waals surface area contributed by atoms with Gasteiger partial charge in [0.05, 0.1) is 18.2 Å². The quantitative estimate of drug-likeness (QED) is 0.713. The maximum atomic E-state index is 13.2. The van der Waals surface area contributed by atoms with Gasteiger partial charge in [0, 0.05) is 24.8 Å². The fourth-order valence-corrected chi connectivity index (χ4v) is 3.25. The molecule has 2 aromatic rings. The van der Waals surface area contributed by atoms with Crippen molar-refractivity contribution in [3.63, 3.8) is 0 Å². The van der Waals surface area contributed by atoms with Gasteiger partial charge in [0.15, 0.2) is 0 Å². The number of nitriles is 1. The average molecular weight is 400 g/mol. The fourth-order valence-electron chi connectivity index (χ4n) is 3.25. The molecule has 2 rings (SSSR count). The molecule has 0 aliphatic heterocycles. The third kappa shape index (κ3) is 5.66. The van der Waals surface area contributed by atoms with Crippen LogP contribution in [0.4, 0.5) is 10.2 Å². The molecular weight excluding hydrogens is 371 g/mol. The number of aromatic nitrogens is 1. The molecule has 2 N–H and O–H groups in total. The topological polar surface area (TPSA) is 81.3 Å². The van der Waals surface area contributed by atoms with Gasteiger partial charge in [-0.1, -0.05) is 12.1 Å². The number of carbonyl (C=O) groups is 1. The number of anilines is 1. The minimum Gasteiger partial charge on any atom is -0.392 e. The molecule has 29 heavy (non-hydrogen) atoms. The van der Waals surface area contributed by atoms with Crippen LogP contribution < -0.4 is 5.32 Å². The first-order chi connectivity index (χ1) is 13.6. The van der Waals surface area contributed by atoms with Gasteiger partial charge in [-0.2, -0.15) is 5.26 Å². The standard InChI is InChI=1S/C22H29FN4O2/c1-14(2)26(11-15(3)28)13-21(29)25-22-20(10-24)16(4)17(5)27(22)12-18-6-8-19(23)9-7-18/h6-9,14-15,28H,11-13H2,1-5H3,(H,25,29). The number of benzene rings is 1. The Balaban J connectivity index is 2.31. The van der Waals surface area contributed by atoms with Gasteiger partial charge in [-0.3, -0.25) is 9.69 Å². The zero-order chi connectivity index (χ0) is 21.7. The number of aliphatic hydroxyl groups is 1. The number of amides is 1. The number of hydrogen-bond acceptors (Lipinski definition) is 4. The van der Waals surface area contributed by atoms with Crippen LogP contribution in [0.25, 0.3) is 0 Å². The summed E-state index contributed by atoms with van der Waals surface area (Å²) in [5, 5.41) is 22.2. The van der Waals surface area contributed by atoms with Gasteiger partial charge in [0.1, 0.15) is 17.7 Å². The molecule has 0 fully saturated rings. The van der Waals surface area contributed by atoms with E-state index in [4.69, 9.17) is 0 Å². The highest BCUT2D eigenvalue weighted by molar-refractivity contribution is 5.93. The largest absolute Gasteiger partial charge is 0.392 e. The van der Waals surface area contributed by atoms with E-state index in [1.807, 2.05) is 37.2 Å². The Kier molecular flexibility index (Phi) is 7.54. The van der Waals surface area contributed by atoms with E-state index in [1.165, 1.54) is 12.1 Å². The lowest BCUT2D eigenvalue weighted by molar-refractivity contribution is -0.118. The van der Waals surface area contributed by atoms with Crippen molar-refractivity contribution in [3.05, 3.63) is 52.5 Å². The summed E-state index contributed by atoms with van der Waals surface area (Å²) < 4.78 is 15.1. The van der Waals surface area contributed by atoms with Gasteiger partial charge < -0.3 is 15.0 Å². The second kappa shape index (κ2) is 9.68. The minimum absolute atomic E-state index is 0.0836. The molecule has 0 spiro atoms. The summed E-state index contributed by atoms with van der Waals surface area (Å²) in [6, 6.07) is 8.42.